The number of nitrogens with zero attached hydrogens (tertiary/aromatic N) is 1. The van der Waals surface area contributed by atoms with Crippen molar-refractivity contribution in [2.24, 2.45) is 0 Å². The van der Waals surface area contributed by atoms with Gasteiger partial charge in [-0.05, 0) is 6.42 Å². The molecule has 1 amide bonds. The van der Waals surface area contributed by atoms with Crippen LogP contribution in [0.2, 0.25) is 0 Å². The molecule has 1 rings (SSSR count). The first-order chi connectivity index (χ1) is 4.25. The van der Waals surface area contributed by atoms with Gasteiger partial charge in [0.05, 0.1) is 29.4 Å². The molecule has 1 aliphatic heterocycles. The van der Waals surface area contributed by atoms with Crippen LogP contribution in [-0.2, 0) is 4.79 Å². The summed E-state index contributed by atoms with van der Waals surface area (Å²) in [5, 5.41) is 0. The highest BCUT2D eigenvalue weighted by molar-refractivity contribution is 14.1. The summed E-state index contributed by atoms with van der Waals surface area (Å²) in [5.74, 6) is 0.179. The normalized spacial score (nSPS) is 18.7. The molecule has 0 N–H and O–H groups in total. The third kappa shape index (κ3) is 1.26. The molecule has 50 valence electrons. The van der Waals surface area contributed by atoms with E-state index in [0.29, 0.717) is 0 Å². The van der Waals surface area contributed by atoms with Crippen LogP contribution in [0.25, 0.3) is 0 Å². The van der Waals surface area contributed by atoms with E-state index < -0.39 is 0 Å². The van der Waals surface area contributed by atoms with Gasteiger partial charge in [0.25, 0.3) is 5.91 Å². The maximum Gasteiger partial charge on any atom is 0.258 e. The molecule has 1 aliphatic rings. The maximum absolute atomic E-state index is 11.0. The first-order valence-electron chi connectivity index (χ1n) is 2.92. The number of halogens is 1. The molecule has 0 aromatic heterocycles. The van der Waals surface area contributed by atoms with E-state index in [0.717, 1.165) is 18.5 Å². The molecule has 0 bridgehead atoms. The quantitative estimate of drug-likeness (QED) is 0.500. The van der Waals surface area contributed by atoms with E-state index in [2.05, 4.69) is 0 Å². The fourth-order valence-corrected chi connectivity index (χ4v) is 1.32. The Morgan fingerprint density at radius 1 is 1.89 bits per heavy atom. The Balaban J connectivity index is 2.67. The number of carbonyl (C=O) groups excluding carboxylic acids is 1. The Hall–Kier alpha value is -0.0600. The minimum atomic E-state index is 0.179. The average molecular weight is 237 g/mol. The molecule has 0 aliphatic carbocycles. The summed E-state index contributed by atoms with van der Waals surface area (Å²) in [5.41, 5.74) is 0.949. The molecule has 3 heteroatoms. The summed E-state index contributed by atoms with van der Waals surface area (Å²) in [4.78, 5) is 11.0. The molecule has 0 spiro atoms. The van der Waals surface area contributed by atoms with Gasteiger partial charge in [0.1, 0.15) is 0 Å². The van der Waals surface area contributed by atoms with Crippen molar-refractivity contribution in [1.82, 2.24) is 3.11 Å². The van der Waals surface area contributed by atoms with Crippen molar-refractivity contribution in [1.29, 1.82) is 0 Å². The van der Waals surface area contributed by atoms with Crippen molar-refractivity contribution >= 4 is 28.8 Å². The lowest BCUT2D eigenvalue weighted by molar-refractivity contribution is -0.120. The molecular formula is C6H8INO. The fourth-order valence-electron chi connectivity index (χ4n) is 0.812. The van der Waals surface area contributed by atoms with Crippen LogP contribution in [0.3, 0.4) is 0 Å². The summed E-state index contributed by atoms with van der Waals surface area (Å²) in [6.07, 6.45) is 2.84. The second-order valence-corrected chi connectivity index (χ2v) is 3.10. The van der Waals surface area contributed by atoms with E-state index >= 15 is 0 Å². The SMILES string of the molecule is CCC1=CCN(I)C1=O. The van der Waals surface area contributed by atoms with Crippen molar-refractivity contribution in [2.45, 2.75) is 13.3 Å². The number of carbonyl (C=O) groups is 1. The molecule has 0 aromatic rings. The minimum Gasteiger partial charge on any atom is -0.277 e. The first kappa shape index (κ1) is 7.05. The second kappa shape index (κ2) is 2.68. The molecule has 0 fully saturated rings. The van der Waals surface area contributed by atoms with Gasteiger partial charge >= 0.3 is 0 Å². The van der Waals surface area contributed by atoms with Gasteiger partial charge in [0.2, 0.25) is 0 Å². The number of rotatable bonds is 1. The molecular weight excluding hydrogens is 229 g/mol. The van der Waals surface area contributed by atoms with Crippen LogP contribution in [0.15, 0.2) is 11.6 Å². The molecule has 0 radical (unpaired) electrons. The third-order valence-electron chi connectivity index (χ3n) is 1.37. The van der Waals surface area contributed by atoms with Crippen LogP contribution >= 0.6 is 22.9 Å². The van der Waals surface area contributed by atoms with Crippen LogP contribution in [0, 0.1) is 0 Å². The lowest BCUT2D eigenvalue weighted by atomic mass is 10.2. The highest BCUT2D eigenvalue weighted by Gasteiger charge is 2.18. The molecule has 0 unspecified atom stereocenters. The largest absolute Gasteiger partial charge is 0.277 e. The van der Waals surface area contributed by atoms with Crippen LogP contribution in [-0.4, -0.2) is 15.6 Å². The number of amides is 1. The first-order valence-corrected chi connectivity index (χ1v) is 3.89. The summed E-state index contributed by atoms with van der Waals surface area (Å²) < 4.78 is 1.69. The molecule has 0 saturated heterocycles. The van der Waals surface area contributed by atoms with E-state index in [1.807, 2.05) is 35.9 Å². The summed E-state index contributed by atoms with van der Waals surface area (Å²) >= 11 is 2.03. The van der Waals surface area contributed by atoms with Crippen molar-refractivity contribution in [3.05, 3.63) is 11.6 Å². The van der Waals surface area contributed by atoms with Crippen molar-refractivity contribution in [3.63, 3.8) is 0 Å². The van der Waals surface area contributed by atoms with Crippen LogP contribution in [0.5, 0.6) is 0 Å². The Morgan fingerprint density at radius 3 is 2.78 bits per heavy atom. The minimum absolute atomic E-state index is 0.179. The zero-order valence-corrected chi connectivity index (χ0v) is 7.38. The molecule has 1 heterocycles. The van der Waals surface area contributed by atoms with Gasteiger partial charge in [-0.3, -0.25) is 7.91 Å². The van der Waals surface area contributed by atoms with Crippen molar-refractivity contribution < 1.29 is 4.79 Å². The van der Waals surface area contributed by atoms with Crippen LogP contribution < -0.4 is 0 Å². The van der Waals surface area contributed by atoms with E-state index in [1.54, 1.807) is 3.11 Å². The zero-order chi connectivity index (χ0) is 6.85. The molecule has 0 aromatic carbocycles. The molecule has 9 heavy (non-hydrogen) atoms. The zero-order valence-electron chi connectivity index (χ0n) is 5.22. The lowest BCUT2D eigenvalue weighted by Crippen LogP contribution is -2.14. The van der Waals surface area contributed by atoms with Gasteiger partial charge < -0.3 is 0 Å². The third-order valence-corrected chi connectivity index (χ3v) is 2.21. The standard InChI is InChI=1S/C6H8INO/c1-2-5-3-4-8(7)6(5)9/h3H,2,4H2,1H3. The average Bonchev–Trinajstić information content (AvgIpc) is 2.15. The van der Waals surface area contributed by atoms with E-state index in [4.69, 9.17) is 0 Å². The molecule has 0 atom stereocenters. The van der Waals surface area contributed by atoms with Gasteiger partial charge in [-0.2, -0.15) is 0 Å². The summed E-state index contributed by atoms with van der Waals surface area (Å²) in [6.45, 7) is 2.78. The van der Waals surface area contributed by atoms with Gasteiger partial charge in [-0.25, -0.2) is 0 Å². The predicted octanol–water partition coefficient (Wildman–Crippen LogP) is 1.52. The number of hydrogen-bond acceptors (Lipinski definition) is 1. The summed E-state index contributed by atoms with van der Waals surface area (Å²) in [7, 11) is 0. The maximum atomic E-state index is 11.0. The lowest BCUT2D eigenvalue weighted by Gasteiger charge is -2.03. The Labute approximate surface area is 68.4 Å². The van der Waals surface area contributed by atoms with E-state index in [-0.39, 0.29) is 5.91 Å². The highest BCUT2D eigenvalue weighted by Crippen LogP contribution is 2.16. The Morgan fingerprint density at radius 2 is 2.56 bits per heavy atom. The smallest absolute Gasteiger partial charge is 0.258 e. The van der Waals surface area contributed by atoms with E-state index in [9.17, 15) is 4.79 Å². The van der Waals surface area contributed by atoms with Gasteiger partial charge in [-0.1, -0.05) is 13.0 Å². The predicted molar refractivity (Wildman–Crippen MR) is 44.1 cm³/mol. The fraction of sp³-hybridized carbons (Fsp3) is 0.500. The number of hydrogen-bond donors (Lipinski definition) is 0. The second-order valence-electron chi connectivity index (χ2n) is 1.93. The van der Waals surface area contributed by atoms with Crippen LogP contribution in [0.1, 0.15) is 13.3 Å². The Bertz CT molecular complexity index is 164. The van der Waals surface area contributed by atoms with Crippen molar-refractivity contribution in [2.75, 3.05) is 6.54 Å². The summed E-state index contributed by atoms with van der Waals surface area (Å²) in [6, 6.07) is 0. The van der Waals surface area contributed by atoms with E-state index in [1.165, 1.54) is 0 Å². The van der Waals surface area contributed by atoms with Crippen molar-refractivity contribution in [3.8, 4) is 0 Å². The molecule has 2 nitrogen and oxygen atoms in total. The monoisotopic (exact) mass is 237 g/mol. The molecule has 0 saturated carbocycles. The topological polar surface area (TPSA) is 20.3 Å². The van der Waals surface area contributed by atoms with Crippen LogP contribution in [0.4, 0.5) is 0 Å². The highest BCUT2D eigenvalue weighted by atomic mass is 127. The van der Waals surface area contributed by atoms with Gasteiger partial charge in [-0.15, -0.1) is 0 Å². The van der Waals surface area contributed by atoms with Gasteiger partial charge in [0, 0.05) is 5.57 Å². The Kier molecular flexibility index (Phi) is 2.10. The van der Waals surface area contributed by atoms with Gasteiger partial charge in [0.15, 0.2) is 0 Å².